The lowest BCUT2D eigenvalue weighted by Crippen LogP contribution is -2.48. The Morgan fingerprint density at radius 1 is 1.33 bits per heavy atom. The van der Waals surface area contributed by atoms with E-state index in [1.165, 1.54) is 6.42 Å². The summed E-state index contributed by atoms with van der Waals surface area (Å²) in [5.41, 5.74) is 0.589. The molecular weight excluding hydrogens is 222 g/mol. The predicted octanol–water partition coefficient (Wildman–Crippen LogP) is 3.59. The Morgan fingerprint density at radius 2 is 2.11 bits per heavy atom. The molecule has 100 valence electrons. The van der Waals surface area contributed by atoms with Crippen molar-refractivity contribution in [2.75, 3.05) is 0 Å². The molecule has 0 spiro atoms. The van der Waals surface area contributed by atoms with Gasteiger partial charge in [-0.25, -0.2) is 0 Å². The summed E-state index contributed by atoms with van der Waals surface area (Å²) in [6.07, 6.45) is 6.92. The number of aromatic nitrogens is 1. The van der Waals surface area contributed by atoms with Crippen LogP contribution < -0.4 is 0 Å². The molecule has 1 fully saturated rings. The summed E-state index contributed by atoms with van der Waals surface area (Å²) in [7, 11) is 0. The average Bonchev–Trinajstić information content (AvgIpc) is 2.28. The Kier molecular flexibility index (Phi) is 3.76. The van der Waals surface area contributed by atoms with E-state index < -0.39 is 5.60 Å². The van der Waals surface area contributed by atoms with Crippen molar-refractivity contribution in [2.45, 2.75) is 58.5 Å². The fourth-order valence-electron chi connectivity index (χ4n) is 3.49. The Hall–Kier alpha value is -0.890. The van der Waals surface area contributed by atoms with Crippen molar-refractivity contribution in [1.29, 1.82) is 0 Å². The van der Waals surface area contributed by atoms with Crippen LogP contribution in [0.3, 0.4) is 0 Å². The molecule has 1 aliphatic rings. The maximum Gasteiger partial charge on any atom is 0.0736 e. The Labute approximate surface area is 110 Å². The molecule has 0 saturated heterocycles. The third-order valence-corrected chi connectivity index (χ3v) is 4.26. The van der Waals surface area contributed by atoms with Gasteiger partial charge in [0, 0.05) is 18.3 Å². The largest absolute Gasteiger partial charge is 0.389 e. The van der Waals surface area contributed by atoms with Gasteiger partial charge in [0.25, 0.3) is 0 Å². The average molecular weight is 247 g/mol. The second-order valence-electron chi connectivity index (χ2n) is 6.77. The third kappa shape index (κ3) is 2.92. The summed E-state index contributed by atoms with van der Waals surface area (Å²) >= 11 is 0. The van der Waals surface area contributed by atoms with Gasteiger partial charge in [-0.1, -0.05) is 39.7 Å². The van der Waals surface area contributed by atoms with E-state index in [0.717, 1.165) is 25.0 Å². The molecule has 2 rings (SSSR count). The Bertz CT molecular complexity index is 382. The molecule has 1 aromatic rings. The summed E-state index contributed by atoms with van der Waals surface area (Å²) < 4.78 is 0. The molecule has 0 radical (unpaired) electrons. The molecule has 2 heteroatoms. The Morgan fingerprint density at radius 3 is 2.72 bits per heavy atom. The molecular formula is C16H25NO. The molecule has 1 saturated carbocycles. The molecule has 1 heterocycles. The van der Waals surface area contributed by atoms with Crippen LogP contribution in [0.15, 0.2) is 24.4 Å². The van der Waals surface area contributed by atoms with Gasteiger partial charge in [0.2, 0.25) is 0 Å². The van der Waals surface area contributed by atoms with Gasteiger partial charge in [-0.3, -0.25) is 4.98 Å². The molecule has 0 amide bonds. The van der Waals surface area contributed by atoms with Crippen molar-refractivity contribution >= 4 is 0 Å². The molecule has 1 aromatic heterocycles. The summed E-state index contributed by atoms with van der Waals surface area (Å²) in [6, 6.07) is 5.95. The van der Waals surface area contributed by atoms with Crippen molar-refractivity contribution < 1.29 is 5.11 Å². The van der Waals surface area contributed by atoms with Crippen LogP contribution in [0.4, 0.5) is 0 Å². The van der Waals surface area contributed by atoms with E-state index in [9.17, 15) is 5.11 Å². The lowest BCUT2D eigenvalue weighted by Gasteiger charge is -2.47. The van der Waals surface area contributed by atoms with E-state index in [4.69, 9.17) is 0 Å². The highest BCUT2D eigenvalue weighted by Gasteiger charge is 2.44. The predicted molar refractivity (Wildman–Crippen MR) is 74.3 cm³/mol. The highest BCUT2D eigenvalue weighted by atomic mass is 16.3. The van der Waals surface area contributed by atoms with Gasteiger partial charge in [0.1, 0.15) is 0 Å². The molecule has 1 aliphatic carbocycles. The molecule has 1 N–H and O–H groups in total. The maximum absolute atomic E-state index is 11.1. The first-order valence-electron chi connectivity index (χ1n) is 7.04. The van der Waals surface area contributed by atoms with Crippen LogP contribution in [0.1, 0.15) is 52.1 Å². The minimum Gasteiger partial charge on any atom is -0.389 e. The van der Waals surface area contributed by atoms with Gasteiger partial charge in [0.15, 0.2) is 0 Å². The second-order valence-corrected chi connectivity index (χ2v) is 6.77. The topological polar surface area (TPSA) is 33.1 Å². The van der Waals surface area contributed by atoms with Crippen molar-refractivity contribution in [3.8, 4) is 0 Å². The smallest absolute Gasteiger partial charge is 0.0736 e. The van der Waals surface area contributed by atoms with Gasteiger partial charge >= 0.3 is 0 Å². The zero-order valence-electron chi connectivity index (χ0n) is 11.8. The summed E-state index contributed by atoms with van der Waals surface area (Å²) in [4.78, 5) is 4.37. The van der Waals surface area contributed by atoms with Crippen LogP contribution in [-0.2, 0) is 6.42 Å². The zero-order valence-corrected chi connectivity index (χ0v) is 11.8. The Balaban J connectivity index is 2.21. The highest BCUT2D eigenvalue weighted by molar-refractivity contribution is 5.10. The SMILES string of the molecule is CC(C)(C)C1CCCCC1(O)Cc1ccccn1. The second kappa shape index (κ2) is 5.00. The van der Waals surface area contributed by atoms with Crippen LogP contribution in [0.2, 0.25) is 0 Å². The maximum atomic E-state index is 11.1. The normalized spacial score (nSPS) is 29.2. The van der Waals surface area contributed by atoms with Gasteiger partial charge in [-0.2, -0.15) is 0 Å². The number of rotatable bonds is 2. The quantitative estimate of drug-likeness (QED) is 0.866. The van der Waals surface area contributed by atoms with Crippen LogP contribution in [-0.4, -0.2) is 15.7 Å². The lowest BCUT2D eigenvalue weighted by atomic mass is 9.62. The van der Waals surface area contributed by atoms with Gasteiger partial charge < -0.3 is 5.11 Å². The minimum atomic E-state index is -0.579. The monoisotopic (exact) mass is 247 g/mol. The van der Waals surface area contributed by atoms with Gasteiger partial charge in [0.05, 0.1) is 5.60 Å². The summed E-state index contributed by atoms with van der Waals surface area (Å²) in [6.45, 7) is 6.73. The number of aliphatic hydroxyl groups is 1. The van der Waals surface area contributed by atoms with E-state index in [2.05, 4.69) is 25.8 Å². The van der Waals surface area contributed by atoms with E-state index in [1.807, 2.05) is 24.4 Å². The van der Waals surface area contributed by atoms with Crippen LogP contribution in [0.5, 0.6) is 0 Å². The summed E-state index contributed by atoms with van der Waals surface area (Å²) in [5.74, 6) is 0.362. The summed E-state index contributed by atoms with van der Waals surface area (Å²) in [5, 5.41) is 11.1. The van der Waals surface area contributed by atoms with Crippen molar-refractivity contribution in [3.05, 3.63) is 30.1 Å². The first-order chi connectivity index (χ1) is 8.42. The van der Waals surface area contributed by atoms with Crippen molar-refractivity contribution in [2.24, 2.45) is 11.3 Å². The molecule has 2 atom stereocenters. The van der Waals surface area contributed by atoms with Crippen LogP contribution >= 0.6 is 0 Å². The highest BCUT2D eigenvalue weighted by Crippen LogP contribution is 2.45. The number of hydrogen-bond acceptors (Lipinski definition) is 2. The molecule has 0 aliphatic heterocycles. The molecule has 0 aromatic carbocycles. The first kappa shape index (κ1) is 13.5. The van der Waals surface area contributed by atoms with E-state index in [1.54, 1.807) is 0 Å². The van der Waals surface area contributed by atoms with Gasteiger partial charge in [-0.05, 0) is 36.3 Å². The fourth-order valence-corrected chi connectivity index (χ4v) is 3.49. The number of nitrogens with zero attached hydrogens (tertiary/aromatic N) is 1. The first-order valence-corrected chi connectivity index (χ1v) is 7.04. The third-order valence-electron chi connectivity index (χ3n) is 4.26. The van der Waals surface area contributed by atoms with E-state index in [0.29, 0.717) is 12.3 Å². The van der Waals surface area contributed by atoms with Crippen molar-refractivity contribution in [1.82, 2.24) is 4.98 Å². The number of hydrogen-bond donors (Lipinski definition) is 1. The number of pyridine rings is 1. The molecule has 18 heavy (non-hydrogen) atoms. The lowest BCUT2D eigenvalue weighted by molar-refractivity contribution is -0.0894. The van der Waals surface area contributed by atoms with Crippen LogP contribution in [0, 0.1) is 11.3 Å². The van der Waals surface area contributed by atoms with E-state index in [-0.39, 0.29) is 5.41 Å². The fraction of sp³-hybridized carbons (Fsp3) is 0.688. The van der Waals surface area contributed by atoms with Crippen LogP contribution in [0.25, 0.3) is 0 Å². The van der Waals surface area contributed by atoms with E-state index >= 15 is 0 Å². The zero-order chi connectivity index (χ0) is 13.2. The van der Waals surface area contributed by atoms with Gasteiger partial charge in [-0.15, -0.1) is 0 Å². The standard InChI is InChI=1S/C16H25NO/c1-15(2,3)14-9-4-6-10-16(14,18)12-13-8-5-7-11-17-13/h5,7-8,11,14,18H,4,6,9-10,12H2,1-3H3. The molecule has 2 nitrogen and oxygen atoms in total. The minimum absolute atomic E-state index is 0.157. The molecule has 0 bridgehead atoms. The molecule has 2 unspecified atom stereocenters. The van der Waals surface area contributed by atoms with Crippen molar-refractivity contribution in [3.63, 3.8) is 0 Å².